The molecule has 4 rings (SSSR count). The van der Waals surface area contributed by atoms with Crippen LogP contribution in [0, 0.1) is 10.8 Å². The number of benzene rings is 1. The maximum absolute atomic E-state index is 13.5. The van der Waals surface area contributed by atoms with Gasteiger partial charge in [-0.3, -0.25) is 9.59 Å². The summed E-state index contributed by atoms with van der Waals surface area (Å²) in [5.41, 5.74) is 0.819. The molecule has 0 spiro atoms. The average Bonchev–Trinajstić information content (AvgIpc) is 3.38. The summed E-state index contributed by atoms with van der Waals surface area (Å²) in [7, 11) is -3.77. The summed E-state index contributed by atoms with van der Waals surface area (Å²) in [6.07, 6.45) is 4.44. The van der Waals surface area contributed by atoms with Crippen molar-refractivity contribution in [3.63, 3.8) is 0 Å². The predicted molar refractivity (Wildman–Crippen MR) is 139 cm³/mol. The molecule has 1 aromatic carbocycles. The minimum absolute atomic E-state index is 0.172. The van der Waals surface area contributed by atoms with E-state index >= 15 is 0 Å². The summed E-state index contributed by atoms with van der Waals surface area (Å²) < 4.78 is 28.5. The molecule has 188 valence electrons. The summed E-state index contributed by atoms with van der Waals surface area (Å²) in [4.78, 5) is 26.8. The Bertz CT molecular complexity index is 1220. The van der Waals surface area contributed by atoms with Crippen molar-refractivity contribution in [2.24, 2.45) is 10.8 Å². The normalized spacial score (nSPS) is 19.7. The standard InChI is InChI=1S/C26H33N3O4S2/c1-6-22(30)28-24-25(2,3)15-29(16-26(24,4)5)35(32,33)19-12-10-18(11-13-19)27-23(31)21-14-17-8-7-9-20(17)34-21/h6,10-14,24H,1,7-9,15-16H2,2-5H3,(H,27,31)(H,28,30). The number of nitrogens with one attached hydrogen (secondary N) is 2. The molecule has 1 saturated heterocycles. The average molecular weight is 516 g/mol. The summed E-state index contributed by atoms with van der Waals surface area (Å²) in [5.74, 6) is -0.440. The van der Waals surface area contributed by atoms with Gasteiger partial charge in [0.15, 0.2) is 0 Å². The van der Waals surface area contributed by atoms with Crippen LogP contribution in [0.1, 0.15) is 54.2 Å². The first-order valence-electron chi connectivity index (χ1n) is 11.8. The number of piperidine rings is 1. The van der Waals surface area contributed by atoms with Gasteiger partial charge in [-0.15, -0.1) is 11.3 Å². The van der Waals surface area contributed by atoms with E-state index < -0.39 is 20.9 Å². The number of rotatable bonds is 6. The molecule has 0 bridgehead atoms. The number of carbonyl (C=O) groups is 2. The SMILES string of the molecule is C=CC(=O)NC1C(C)(C)CN(S(=O)(=O)c2ccc(NC(=O)c3cc4c(s3)CCC4)cc2)CC1(C)C. The molecule has 1 fully saturated rings. The number of nitrogens with zero attached hydrogens (tertiary/aromatic N) is 1. The van der Waals surface area contributed by atoms with Crippen molar-refractivity contribution in [2.75, 3.05) is 18.4 Å². The van der Waals surface area contributed by atoms with Gasteiger partial charge in [-0.05, 0) is 72.1 Å². The second-order valence-electron chi connectivity index (χ2n) is 10.8. The van der Waals surface area contributed by atoms with Crippen LogP contribution in [-0.2, 0) is 27.7 Å². The number of amides is 2. The Kier molecular flexibility index (Phi) is 6.72. The topological polar surface area (TPSA) is 95.6 Å². The number of carbonyl (C=O) groups excluding carboxylic acids is 2. The van der Waals surface area contributed by atoms with Crippen LogP contribution in [0.25, 0.3) is 0 Å². The van der Waals surface area contributed by atoms with Gasteiger partial charge < -0.3 is 10.6 Å². The zero-order valence-corrected chi connectivity index (χ0v) is 22.3. The third-order valence-electron chi connectivity index (χ3n) is 6.92. The molecule has 2 heterocycles. The molecule has 0 saturated carbocycles. The van der Waals surface area contributed by atoms with Crippen molar-refractivity contribution in [2.45, 2.75) is 57.9 Å². The van der Waals surface area contributed by atoms with Crippen LogP contribution >= 0.6 is 11.3 Å². The van der Waals surface area contributed by atoms with Crippen molar-refractivity contribution in [3.05, 3.63) is 58.3 Å². The zero-order valence-electron chi connectivity index (χ0n) is 20.7. The number of anilines is 1. The van der Waals surface area contributed by atoms with E-state index in [1.807, 2.05) is 33.8 Å². The molecule has 7 nitrogen and oxygen atoms in total. The molecular weight excluding hydrogens is 482 g/mol. The first kappa shape index (κ1) is 25.6. The largest absolute Gasteiger partial charge is 0.349 e. The minimum atomic E-state index is -3.77. The molecule has 2 aliphatic rings. The molecular formula is C26H33N3O4S2. The first-order valence-corrected chi connectivity index (χ1v) is 14.1. The third-order valence-corrected chi connectivity index (χ3v) is 9.96. The quantitative estimate of drug-likeness (QED) is 0.563. The fraction of sp³-hybridized carbons (Fsp3) is 0.462. The number of hydrogen-bond acceptors (Lipinski definition) is 5. The first-order chi connectivity index (χ1) is 16.3. The maximum atomic E-state index is 13.5. The fourth-order valence-corrected chi connectivity index (χ4v) is 8.39. The van der Waals surface area contributed by atoms with Crippen molar-refractivity contribution >= 4 is 38.9 Å². The minimum Gasteiger partial charge on any atom is -0.349 e. The van der Waals surface area contributed by atoms with E-state index in [2.05, 4.69) is 17.2 Å². The van der Waals surface area contributed by atoms with Crippen LogP contribution in [0.2, 0.25) is 0 Å². The summed E-state index contributed by atoms with van der Waals surface area (Å²) in [6.45, 7) is 11.9. The van der Waals surface area contributed by atoms with Gasteiger partial charge in [0, 0.05) is 29.7 Å². The monoisotopic (exact) mass is 515 g/mol. The lowest BCUT2D eigenvalue weighted by atomic mass is 9.67. The van der Waals surface area contributed by atoms with Crippen LogP contribution in [0.4, 0.5) is 5.69 Å². The number of hydrogen-bond donors (Lipinski definition) is 2. The molecule has 0 unspecified atom stereocenters. The second kappa shape index (κ2) is 9.19. The Labute approximate surface area is 211 Å². The number of fused-ring (bicyclic) bond motifs is 1. The lowest BCUT2D eigenvalue weighted by Crippen LogP contribution is -2.64. The van der Waals surface area contributed by atoms with Gasteiger partial charge in [-0.1, -0.05) is 34.3 Å². The Balaban J connectivity index is 1.49. The highest BCUT2D eigenvalue weighted by Crippen LogP contribution is 2.42. The van der Waals surface area contributed by atoms with Crippen molar-refractivity contribution in [3.8, 4) is 0 Å². The predicted octanol–water partition coefficient (Wildman–Crippen LogP) is 4.22. The smallest absolute Gasteiger partial charge is 0.265 e. The molecule has 2 aromatic rings. The van der Waals surface area contributed by atoms with Crippen molar-refractivity contribution < 1.29 is 18.0 Å². The van der Waals surface area contributed by atoms with Crippen molar-refractivity contribution in [1.82, 2.24) is 9.62 Å². The van der Waals surface area contributed by atoms with Crippen LogP contribution in [0.15, 0.2) is 47.9 Å². The molecule has 2 amide bonds. The molecule has 1 aromatic heterocycles. The van der Waals surface area contributed by atoms with Crippen LogP contribution in [0.5, 0.6) is 0 Å². The summed E-state index contributed by atoms with van der Waals surface area (Å²) >= 11 is 1.53. The van der Waals surface area contributed by atoms with E-state index in [0.717, 1.165) is 19.3 Å². The Hall–Kier alpha value is -2.49. The van der Waals surface area contributed by atoms with E-state index in [0.29, 0.717) is 10.6 Å². The van der Waals surface area contributed by atoms with Crippen LogP contribution < -0.4 is 10.6 Å². The fourth-order valence-electron chi connectivity index (χ4n) is 5.46. The van der Waals surface area contributed by atoms with Gasteiger partial charge in [0.05, 0.1) is 9.77 Å². The highest BCUT2D eigenvalue weighted by molar-refractivity contribution is 7.89. The van der Waals surface area contributed by atoms with Gasteiger partial charge in [0.2, 0.25) is 15.9 Å². The van der Waals surface area contributed by atoms with E-state index in [-0.39, 0.29) is 35.8 Å². The Morgan fingerprint density at radius 3 is 2.29 bits per heavy atom. The molecule has 0 atom stereocenters. The summed E-state index contributed by atoms with van der Waals surface area (Å²) in [6, 6.07) is 8.06. The zero-order chi connectivity index (χ0) is 25.6. The van der Waals surface area contributed by atoms with E-state index in [1.165, 1.54) is 44.3 Å². The summed E-state index contributed by atoms with van der Waals surface area (Å²) in [5, 5.41) is 5.87. The molecule has 0 radical (unpaired) electrons. The number of aryl methyl sites for hydroxylation is 2. The van der Waals surface area contributed by atoms with Gasteiger partial charge in [0.25, 0.3) is 5.91 Å². The van der Waals surface area contributed by atoms with Crippen LogP contribution in [-0.4, -0.2) is 43.7 Å². The molecule has 9 heteroatoms. The second-order valence-corrected chi connectivity index (χ2v) is 13.9. The molecule has 1 aliphatic heterocycles. The van der Waals surface area contributed by atoms with E-state index in [1.54, 1.807) is 12.1 Å². The Morgan fingerprint density at radius 1 is 1.09 bits per heavy atom. The lowest BCUT2D eigenvalue weighted by molar-refractivity contribution is -0.120. The number of thiophene rings is 1. The molecule has 1 aliphatic carbocycles. The molecule has 2 N–H and O–H groups in total. The maximum Gasteiger partial charge on any atom is 0.265 e. The van der Waals surface area contributed by atoms with Crippen LogP contribution in [0.3, 0.4) is 0 Å². The highest BCUT2D eigenvalue weighted by atomic mass is 32.2. The van der Waals surface area contributed by atoms with Gasteiger partial charge >= 0.3 is 0 Å². The highest BCUT2D eigenvalue weighted by Gasteiger charge is 2.50. The third kappa shape index (κ3) is 5.08. The van der Waals surface area contributed by atoms with Gasteiger partial charge in [-0.2, -0.15) is 4.31 Å². The number of sulfonamides is 1. The van der Waals surface area contributed by atoms with Gasteiger partial charge in [-0.25, -0.2) is 8.42 Å². The van der Waals surface area contributed by atoms with E-state index in [4.69, 9.17) is 0 Å². The van der Waals surface area contributed by atoms with E-state index in [9.17, 15) is 18.0 Å². The van der Waals surface area contributed by atoms with Crippen molar-refractivity contribution in [1.29, 1.82) is 0 Å². The molecule has 35 heavy (non-hydrogen) atoms. The lowest BCUT2D eigenvalue weighted by Gasteiger charge is -2.52. The Morgan fingerprint density at radius 2 is 1.71 bits per heavy atom. The van der Waals surface area contributed by atoms with Gasteiger partial charge in [0.1, 0.15) is 0 Å².